The number of carbonyl (C=O) groups is 1. The lowest BCUT2D eigenvalue weighted by molar-refractivity contribution is -0.119. The maximum absolute atomic E-state index is 12.0. The molecular weight excluding hydrogens is 212 g/mol. The van der Waals surface area contributed by atoms with Crippen LogP contribution in [0, 0.1) is 0 Å². The Balaban J connectivity index is 2.39. The van der Waals surface area contributed by atoms with E-state index in [2.05, 4.69) is 19.1 Å². The lowest BCUT2D eigenvalue weighted by Gasteiger charge is -2.11. The van der Waals surface area contributed by atoms with E-state index in [4.69, 9.17) is 5.73 Å². The number of likely N-dealkylation sites (N-methyl/N-ethyl adjacent to an activating group) is 1. The molecule has 2 N–H and O–H groups in total. The molecule has 1 amide bonds. The molecule has 1 aliphatic heterocycles. The summed E-state index contributed by atoms with van der Waals surface area (Å²) in [5.74, 6) is 0.239. The number of carbonyl (C=O) groups excluding carboxylic acids is 1. The molecule has 2 unspecified atom stereocenters. The zero-order chi connectivity index (χ0) is 12.6. The molecule has 0 fully saturated rings. The molecule has 1 aromatic carbocycles. The fraction of sp³-hybridized carbons (Fsp3) is 0.500. The van der Waals surface area contributed by atoms with Gasteiger partial charge in [0.15, 0.2) is 0 Å². The van der Waals surface area contributed by atoms with Crippen LogP contribution in [0.2, 0.25) is 0 Å². The quantitative estimate of drug-likeness (QED) is 0.867. The number of anilines is 1. The monoisotopic (exact) mass is 232 g/mol. The molecule has 3 nitrogen and oxygen atoms in total. The van der Waals surface area contributed by atoms with Crippen LogP contribution in [0.25, 0.3) is 0 Å². The largest absolute Gasteiger partial charge is 0.328 e. The van der Waals surface area contributed by atoms with Gasteiger partial charge in [0.1, 0.15) is 0 Å². The summed E-state index contributed by atoms with van der Waals surface area (Å²) in [6, 6.07) is 6.42. The Morgan fingerprint density at radius 2 is 2.18 bits per heavy atom. The maximum Gasteiger partial charge on any atom is 0.234 e. The molecule has 1 aliphatic rings. The second-order valence-corrected chi connectivity index (χ2v) is 4.93. The van der Waals surface area contributed by atoms with Gasteiger partial charge >= 0.3 is 0 Å². The first kappa shape index (κ1) is 12.1. The van der Waals surface area contributed by atoms with Crippen molar-refractivity contribution in [3.8, 4) is 0 Å². The van der Waals surface area contributed by atoms with Gasteiger partial charge in [-0.2, -0.15) is 0 Å². The zero-order valence-electron chi connectivity index (χ0n) is 10.7. The SMILES string of the molecule is CCC1C(=O)N(C)c2ccc(CC(C)N)cc21. The molecule has 0 spiro atoms. The number of rotatable bonds is 3. The minimum absolute atomic E-state index is 0.0306. The molecule has 3 heteroatoms. The first-order chi connectivity index (χ1) is 8.04. The Kier molecular flexibility index (Phi) is 3.20. The lowest BCUT2D eigenvalue weighted by Crippen LogP contribution is -2.23. The third-order valence-electron chi connectivity index (χ3n) is 3.42. The number of nitrogens with two attached hydrogens (primary N) is 1. The van der Waals surface area contributed by atoms with E-state index in [1.165, 1.54) is 5.56 Å². The van der Waals surface area contributed by atoms with Crippen molar-refractivity contribution in [2.45, 2.75) is 38.6 Å². The Morgan fingerprint density at radius 1 is 1.47 bits per heavy atom. The van der Waals surface area contributed by atoms with Crippen LogP contribution in [0.4, 0.5) is 5.69 Å². The van der Waals surface area contributed by atoms with Crippen LogP contribution < -0.4 is 10.6 Å². The molecule has 1 aromatic rings. The number of amides is 1. The maximum atomic E-state index is 12.0. The van der Waals surface area contributed by atoms with Gasteiger partial charge in [0, 0.05) is 18.8 Å². The lowest BCUT2D eigenvalue weighted by atomic mass is 9.95. The normalized spacial score (nSPS) is 20.6. The Bertz CT molecular complexity index is 440. The minimum Gasteiger partial charge on any atom is -0.328 e. The highest BCUT2D eigenvalue weighted by molar-refractivity contribution is 6.04. The van der Waals surface area contributed by atoms with Crippen molar-refractivity contribution in [2.75, 3.05) is 11.9 Å². The van der Waals surface area contributed by atoms with Gasteiger partial charge in [-0.25, -0.2) is 0 Å². The van der Waals surface area contributed by atoms with Crippen LogP contribution in [0.15, 0.2) is 18.2 Å². The van der Waals surface area contributed by atoms with E-state index < -0.39 is 0 Å². The fourth-order valence-electron chi connectivity index (χ4n) is 2.57. The zero-order valence-corrected chi connectivity index (χ0v) is 10.7. The molecule has 0 aliphatic carbocycles. The molecule has 17 heavy (non-hydrogen) atoms. The highest BCUT2D eigenvalue weighted by atomic mass is 16.2. The van der Waals surface area contributed by atoms with Gasteiger partial charge in [0.2, 0.25) is 5.91 Å². The molecule has 92 valence electrons. The van der Waals surface area contributed by atoms with Crippen molar-refractivity contribution in [1.82, 2.24) is 0 Å². The van der Waals surface area contributed by atoms with Gasteiger partial charge in [-0.3, -0.25) is 4.79 Å². The molecule has 1 heterocycles. The molecule has 0 aromatic heterocycles. The van der Waals surface area contributed by atoms with Crippen LogP contribution in [0.5, 0.6) is 0 Å². The van der Waals surface area contributed by atoms with Crippen molar-refractivity contribution in [2.24, 2.45) is 5.73 Å². The second kappa shape index (κ2) is 4.49. The minimum atomic E-state index is 0.0306. The summed E-state index contributed by atoms with van der Waals surface area (Å²) in [5, 5.41) is 0. The van der Waals surface area contributed by atoms with E-state index in [9.17, 15) is 4.79 Å². The van der Waals surface area contributed by atoms with E-state index in [0.717, 1.165) is 24.1 Å². The average Bonchev–Trinajstić information content (AvgIpc) is 2.50. The van der Waals surface area contributed by atoms with Gasteiger partial charge in [0.05, 0.1) is 5.92 Å². The van der Waals surface area contributed by atoms with Crippen LogP contribution in [0.3, 0.4) is 0 Å². The van der Waals surface area contributed by atoms with Gasteiger partial charge < -0.3 is 10.6 Å². The summed E-state index contributed by atoms with van der Waals surface area (Å²) in [7, 11) is 1.85. The molecular formula is C14H20N2O. The Morgan fingerprint density at radius 3 is 2.76 bits per heavy atom. The molecule has 0 bridgehead atoms. The van der Waals surface area contributed by atoms with E-state index in [-0.39, 0.29) is 17.9 Å². The highest BCUT2D eigenvalue weighted by Crippen LogP contribution is 2.38. The molecule has 2 atom stereocenters. The number of hydrogen-bond acceptors (Lipinski definition) is 2. The van der Waals surface area contributed by atoms with Crippen LogP contribution in [-0.4, -0.2) is 19.0 Å². The summed E-state index contributed by atoms with van der Waals surface area (Å²) in [6.07, 6.45) is 1.72. The van der Waals surface area contributed by atoms with E-state index in [1.54, 1.807) is 4.90 Å². The number of hydrogen-bond donors (Lipinski definition) is 1. The summed E-state index contributed by atoms with van der Waals surface area (Å²) >= 11 is 0. The van der Waals surface area contributed by atoms with Gasteiger partial charge in [-0.15, -0.1) is 0 Å². The highest BCUT2D eigenvalue weighted by Gasteiger charge is 2.33. The fourth-order valence-corrected chi connectivity index (χ4v) is 2.57. The Labute approximate surface area is 103 Å². The van der Waals surface area contributed by atoms with Crippen LogP contribution in [-0.2, 0) is 11.2 Å². The third-order valence-corrected chi connectivity index (χ3v) is 3.42. The van der Waals surface area contributed by atoms with Crippen molar-refractivity contribution < 1.29 is 4.79 Å². The predicted molar refractivity (Wildman–Crippen MR) is 70.2 cm³/mol. The number of nitrogens with zero attached hydrogens (tertiary/aromatic N) is 1. The van der Waals surface area contributed by atoms with Crippen molar-refractivity contribution in [3.63, 3.8) is 0 Å². The van der Waals surface area contributed by atoms with E-state index >= 15 is 0 Å². The topological polar surface area (TPSA) is 46.3 Å². The van der Waals surface area contributed by atoms with Gasteiger partial charge in [-0.1, -0.05) is 19.1 Å². The summed E-state index contributed by atoms with van der Waals surface area (Å²) in [4.78, 5) is 13.8. The molecule has 0 saturated heterocycles. The van der Waals surface area contributed by atoms with Gasteiger partial charge in [-0.05, 0) is 37.0 Å². The second-order valence-electron chi connectivity index (χ2n) is 4.93. The smallest absolute Gasteiger partial charge is 0.234 e. The van der Waals surface area contributed by atoms with Crippen molar-refractivity contribution >= 4 is 11.6 Å². The third kappa shape index (κ3) is 2.07. The van der Waals surface area contributed by atoms with Crippen molar-refractivity contribution in [3.05, 3.63) is 29.3 Å². The number of benzene rings is 1. The molecule has 2 rings (SSSR count). The molecule has 0 radical (unpaired) electrons. The van der Waals surface area contributed by atoms with Gasteiger partial charge in [0.25, 0.3) is 0 Å². The van der Waals surface area contributed by atoms with E-state index in [0.29, 0.717) is 0 Å². The standard InChI is InChI=1S/C14H20N2O/c1-4-11-12-8-10(7-9(2)15)5-6-13(12)16(3)14(11)17/h5-6,8-9,11H,4,7,15H2,1-3H3. The summed E-state index contributed by atoms with van der Waals surface area (Å²) in [5.41, 5.74) is 9.25. The first-order valence-corrected chi connectivity index (χ1v) is 6.20. The average molecular weight is 232 g/mol. The van der Waals surface area contributed by atoms with Crippen LogP contribution in [0.1, 0.15) is 37.3 Å². The van der Waals surface area contributed by atoms with Crippen molar-refractivity contribution in [1.29, 1.82) is 0 Å². The van der Waals surface area contributed by atoms with E-state index in [1.807, 2.05) is 20.0 Å². The summed E-state index contributed by atoms with van der Waals surface area (Å²) in [6.45, 7) is 4.06. The molecule has 0 saturated carbocycles. The van der Waals surface area contributed by atoms with Crippen LogP contribution >= 0.6 is 0 Å². The number of fused-ring (bicyclic) bond motifs is 1. The Hall–Kier alpha value is -1.35. The summed E-state index contributed by atoms with van der Waals surface area (Å²) < 4.78 is 0. The predicted octanol–water partition coefficient (Wildman–Crippen LogP) is 2.05. The first-order valence-electron chi connectivity index (χ1n) is 6.20.